The van der Waals surface area contributed by atoms with Gasteiger partial charge >= 0.3 is 29.8 Å². The SMILES string of the molecule is CN(C(=O)CBr)c1ccc([N+](=O)[O-])cc1.CN1CCN(CC(=O)N(C)c2ccc(N)cc2)CC1.CN1CCN(CC(=O)N(C)c2ccc([N+](=O)[O-])cc2)CC1.CNc1ccc([N+](=O)[O-])cc1.COC(=O)Cc1ccc(C(=O)OC)cc1[N+](=O)[O-].COC(=O)c1ccc2c(c1)N(C(C)=O)C(=O)/C2=C(/OC)c1ccccc1.COC(=O)c1ccc2c(c1)NC(=O)C2.COC(=O)c1cccc([N+](=O)[O-])c1. The van der Waals surface area contributed by atoms with Crippen LogP contribution in [0.15, 0.2) is 206 Å². The first-order valence-electron chi connectivity index (χ1n) is 41.3. The van der Waals surface area contributed by atoms with Gasteiger partial charge in [0.2, 0.25) is 29.5 Å². The third kappa shape index (κ3) is 32.9. The van der Waals surface area contributed by atoms with Gasteiger partial charge in [-0.15, -0.1) is 0 Å². The van der Waals surface area contributed by atoms with E-state index in [0.717, 1.165) is 80.3 Å². The Balaban J connectivity index is 0.000000243. The molecule has 0 saturated carbocycles. The number of imide groups is 1. The number of methoxy groups -OCH3 is 6. The van der Waals surface area contributed by atoms with E-state index in [1.807, 2.05) is 61.6 Å². The van der Waals surface area contributed by atoms with Crippen molar-refractivity contribution in [1.82, 2.24) is 19.6 Å². The van der Waals surface area contributed by atoms with E-state index >= 15 is 0 Å². The zero-order chi connectivity index (χ0) is 101. The number of non-ortho nitro benzene ring substituents is 4. The first-order valence-corrected chi connectivity index (χ1v) is 42.4. The number of nitrogens with two attached hydrogens (primary N) is 1. The number of benzene rings is 9. The standard InChI is InChI=1S/C20H17NO5.C14H20N4O3.C14H22N4O.C11H11NO6.C10H9NO3.C9H9BrN2O3.C8H7NO4.C7H8N2O2/c1-12(22)21-16-11-14(20(24)26-3)9-10-15(16)17(19(21)23)18(25-2)13-7-5-4-6-8-13;1-15-7-9-17(10-8-15)11-14(19)16(2)12-3-5-13(6-4-12)18(20)21;1-16-7-9-18(10-8-16)11-14(19)17(2)13-5-3-12(15)4-6-13;1-17-10(13)6-7-3-4-8(11(14)18-2)5-9(7)12(15)16;1-14-10(13)7-3-2-6-5-9(12)11-8(6)4-7;1-11(9(13)6-10)7-2-4-8(5-3-7)12(14)15;1-13-8(10)6-3-2-4-7(5-6)9(11)12;1-8-6-2-4-7(5-3-6)9(10)11/h4-11H,1-3H3;3-6H,7-11H2,1-2H3;3-6H,7-11,15H2,1-2H3;3-5H,6H2,1-2H3;2-4H,5H2,1H3,(H,11,12);2-5H,6H2,1H3;2-5H,1H3;2-5,8H,1H3/b18-17+;;;;;;;. The number of carbonyl (C=O) groups excluding carboxylic acids is 11. The molecule has 0 aromatic heterocycles. The average molecular weight is 1960 g/mol. The number of hydrogen-bond acceptors (Lipinski definition) is 33. The third-order valence-electron chi connectivity index (χ3n) is 20.7. The number of nitro groups is 5. The molecular weight excluding hydrogens is 1850 g/mol. The molecule has 9 aromatic carbocycles. The van der Waals surface area contributed by atoms with Gasteiger partial charge in [0.15, 0.2) is 0 Å². The lowest BCUT2D eigenvalue weighted by molar-refractivity contribution is -0.385. The molecule has 0 radical (unpaired) electrons. The summed E-state index contributed by atoms with van der Waals surface area (Å²) in [5.41, 5.74) is 13.7. The van der Waals surface area contributed by atoms with Crippen molar-refractivity contribution >= 4 is 161 Å². The number of nitrogens with zero attached hydrogens (tertiary/aromatic N) is 13. The van der Waals surface area contributed by atoms with Crippen molar-refractivity contribution in [2.45, 2.75) is 19.8 Å². The fourth-order valence-electron chi connectivity index (χ4n) is 12.8. The van der Waals surface area contributed by atoms with Gasteiger partial charge < -0.3 is 69.3 Å². The Kier molecular flexibility index (Phi) is 43.3. The van der Waals surface area contributed by atoms with Gasteiger partial charge in [-0.25, -0.2) is 24.1 Å². The smallest absolute Gasteiger partial charge is 0.338 e. The second-order valence-corrected chi connectivity index (χ2v) is 30.3. The van der Waals surface area contributed by atoms with Gasteiger partial charge in [0.05, 0.1) is 132 Å². The molecule has 0 atom stereocenters. The number of hydrogen-bond donors (Lipinski definition) is 3. The van der Waals surface area contributed by atoms with Crippen LogP contribution in [0.1, 0.15) is 70.6 Å². The molecule has 44 heteroatoms. The molecule has 724 valence electrons. The molecular formula is C93H103BrN16O27. The van der Waals surface area contributed by atoms with Crippen LogP contribution in [0.25, 0.3) is 11.3 Å². The van der Waals surface area contributed by atoms with E-state index in [4.69, 9.17) is 15.2 Å². The summed E-state index contributed by atoms with van der Waals surface area (Å²) in [6.45, 7) is 9.82. The normalized spacial score (nSPS) is 13.1. The van der Waals surface area contributed by atoms with E-state index in [2.05, 4.69) is 79.2 Å². The van der Waals surface area contributed by atoms with Crippen molar-refractivity contribution in [3.05, 3.63) is 301 Å². The average Bonchev–Trinajstić information content (AvgIpc) is 1.59. The number of nitrogen functional groups attached to an aromatic ring is 1. The molecule has 4 heterocycles. The number of anilines is 7. The van der Waals surface area contributed by atoms with Crippen LogP contribution in [-0.4, -0.2) is 265 Å². The van der Waals surface area contributed by atoms with Gasteiger partial charge in [-0.2, -0.15) is 0 Å². The maximum absolute atomic E-state index is 13.0. The summed E-state index contributed by atoms with van der Waals surface area (Å²) in [4.78, 5) is 192. The zero-order valence-electron chi connectivity index (χ0n) is 77.1. The number of alkyl halides is 1. The number of ether oxygens (including phenoxy) is 6. The van der Waals surface area contributed by atoms with Crippen LogP contribution >= 0.6 is 15.9 Å². The van der Waals surface area contributed by atoms with Gasteiger partial charge in [-0.3, -0.25) is 93.9 Å². The molecule has 0 unspecified atom stereocenters. The molecule has 9 aromatic rings. The minimum Gasteiger partial charge on any atom is -0.495 e. The summed E-state index contributed by atoms with van der Waals surface area (Å²) >= 11 is 3.05. The fourth-order valence-corrected chi connectivity index (χ4v) is 13.2. The van der Waals surface area contributed by atoms with Gasteiger partial charge in [-0.1, -0.05) is 70.5 Å². The molecule has 0 spiro atoms. The monoisotopic (exact) mass is 1950 g/mol. The van der Waals surface area contributed by atoms with Crippen LogP contribution in [0.2, 0.25) is 0 Å². The van der Waals surface area contributed by atoms with Crippen LogP contribution in [0, 0.1) is 50.6 Å². The maximum atomic E-state index is 13.0. The number of likely N-dealkylation sites (N-methyl/N-ethyl adjacent to an activating group) is 4. The maximum Gasteiger partial charge on any atom is 0.338 e. The molecule has 2 saturated heterocycles. The van der Waals surface area contributed by atoms with Crippen molar-refractivity contribution < 1.29 is 106 Å². The minimum absolute atomic E-state index is 0.00611. The predicted octanol–water partition coefficient (Wildman–Crippen LogP) is 11.2. The molecule has 0 aliphatic carbocycles. The summed E-state index contributed by atoms with van der Waals surface area (Å²) in [5, 5.41) is 58.1. The van der Waals surface area contributed by atoms with Gasteiger partial charge in [-0.05, 0) is 117 Å². The summed E-state index contributed by atoms with van der Waals surface area (Å²) in [6.07, 6.45) is 0.158. The highest BCUT2D eigenvalue weighted by Crippen LogP contribution is 2.42. The number of halogens is 1. The van der Waals surface area contributed by atoms with Crippen molar-refractivity contribution in [3.8, 4) is 0 Å². The molecule has 6 amide bonds. The number of rotatable bonds is 22. The summed E-state index contributed by atoms with van der Waals surface area (Å²) in [5.74, 6) is -3.40. The van der Waals surface area contributed by atoms with Crippen LogP contribution in [0.5, 0.6) is 0 Å². The summed E-state index contributed by atoms with van der Waals surface area (Å²) in [7, 11) is 18.7. The third-order valence-corrected chi connectivity index (χ3v) is 21.2. The molecule has 137 heavy (non-hydrogen) atoms. The first kappa shape index (κ1) is 110. The van der Waals surface area contributed by atoms with Crippen LogP contribution in [-0.2, 0) is 74.8 Å². The van der Waals surface area contributed by atoms with Crippen molar-refractivity contribution in [1.29, 1.82) is 0 Å². The lowest BCUT2D eigenvalue weighted by Gasteiger charge is -2.32. The highest BCUT2D eigenvalue weighted by molar-refractivity contribution is 9.09. The molecule has 13 rings (SSSR count). The van der Waals surface area contributed by atoms with Crippen molar-refractivity contribution in [3.63, 3.8) is 0 Å². The number of carbonyl (C=O) groups is 11. The largest absolute Gasteiger partial charge is 0.495 e. The van der Waals surface area contributed by atoms with E-state index in [1.54, 1.807) is 97.7 Å². The first-order chi connectivity index (χ1) is 65.2. The number of piperazine rings is 2. The fraction of sp³-hybridized carbons (Fsp3) is 0.280. The number of nitrogens with one attached hydrogen (secondary N) is 2. The zero-order valence-corrected chi connectivity index (χ0v) is 78.7. The van der Waals surface area contributed by atoms with Gasteiger partial charge in [0.25, 0.3) is 34.3 Å². The Morgan fingerprint density at radius 1 is 0.453 bits per heavy atom. The number of nitro benzene ring substituents is 5. The lowest BCUT2D eigenvalue weighted by atomic mass is 10.0. The highest BCUT2D eigenvalue weighted by Gasteiger charge is 2.39. The Morgan fingerprint density at radius 3 is 1.28 bits per heavy atom. The predicted molar refractivity (Wildman–Crippen MR) is 513 cm³/mol. The Labute approximate surface area is 795 Å². The topological polar surface area (TPSA) is 535 Å². The van der Waals surface area contributed by atoms with E-state index in [0.29, 0.717) is 70.4 Å². The molecule has 2 fully saturated rings. The lowest BCUT2D eigenvalue weighted by Crippen LogP contribution is -2.48. The number of amides is 6. The highest BCUT2D eigenvalue weighted by atomic mass is 79.9. The van der Waals surface area contributed by atoms with E-state index in [-0.39, 0.29) is 91.6 Å². The Bertz CT molecular complexity index is 5840. The molecule has 43 nitrogen and oxygen atoms in total. The quantitative estimate of drug-likeness (QED) is 0.00829. The Morgan fingerprint density at radius 2 is 0.861 bits per heavy atom. The van der Waals surface area contributed by atoms with Crippen LogP contribution in [0.3, 0.4) is 0 Å². The van der Waals surface area contributed by atoms with E-state index in [9.17, 15) is 103 Å². The molecule has 4 aliphatic heterocycles. The van der Waals surface area contributed by atoms with E-state index in [1.165, 1.54) is 133 Å². The summed E-state index contributed by atoms with van der Waals surface area (Å²) in [6, 6.07) is 53.5. The minimum atomic E-state index is -0.678. The van der Waals surface area contributed by atoms with Crippen LogP contribution in [0.4, 0.5) is 68.2 Å². The van der Waals surface area contributed by atoms with Crippen LogP contribution < -0.4 is 36.0 Å². The van der Waals surface area contributed by atoms with Crippen molar-refractivity contribution in [2.24, 2.45) is 0 Å². The molecule has 4 N–H and O–H groups in total. The van der Waals surface area contributed by atoms with E-state index < -0.39 is 66.3 Å². The second kappa shape index (κ2) is 54.1. The number of fused-ring (bicyclic) bond motifs is 2. The Hall–Kier alpha value is -16.2. The van der Waals surface area contributed by atoms with Gasteiger partial charge in [0.1, 0.15) is 5.76 Å². The number of esters is 5. The molecule has 0 bridgehead atoms. The molecule has 4 aliphatic rings. The second-order valence-electron chi connectivity index (χ2n) is 29.7. The van der Waals surface area contributed by atoms with Gasteiger partial charge in [0, 0.05) is 193 Å². The summed E-state index contributed by atoms with van der Waals surface area (Å²) < 4.78 is 28.1. The van der Waals surface area contributed by atoms with Crippen molar-refractivity contribution in [2.75, 3.05) is 192 Å².